The quantitative estimate of drug-likeness (QED) is 0.742. The van der Waals surface area contributed by atoms with Gasteiger partial charge in [0.2, 0.25) is 0 Å². The molecular formula is C12H23NO2. The molecule has 2 unspecified atom stereocenters. The average molecular weight is 213 g/mol. The number of hydrogen-bond donors (Lipinski definition) is 2. The Morgan fingerprint density at radius 3 is 2.67 bits per heavy atom. The van der Waals surface area contributed by atoms with Gasteiger partial charge in [0.25, 0.3) is 0 Å². The highest BCUT2D eigenvalue weighted by Gasteiger charge is 2.32. The predicted octanol–water partition coefficient (Wildman–Crippen LogP) is 1.31. The summed E-state index contributed by atoms with van der Waals surface area (Å²) in [6, 6.07) is 0.622. The summed E-state index contributed by atoms with van der Waals surface area (Å²) in [4.78, 5) is 0. The summed E-state index contributed by atoms with van der Waals surface area (Å²) in [5, 5.41) is 13.8. The van der Waals surface area contributed by atoms with E-state index in [0.717, 1.165) is 25.3 Å². The molecule has 0 spiro atoms. The summed E-state index contributed by atoms with van der Waals surface area (Å²) in [6.45, 7) is 4.46. The van der Waals surface area contributed by atoms with Crippen LogP contribution in [0.25, 0.3) is 0 Å². The van der Waals surface area contributed by atoms with Crippen molar-refractivity contribution in [1.82, 2.24) is 5.32 Å². The molecule has 3 heteroatoms. The smallest absolute Gasteiger partial charge is 0.0815 e. The van der Waals surface area contributed by atoms with Crippen molar-refractivity contribution < 1.29 is 9.84 Å². The van der Waals surface area contributed by atoms with Crippen LogP contribution in [0, 0.1) is 5.92 Å². The molecule has 2 N–H and O–H groups in total. The van der Waals surface area contributed by atoms with Gasteiger partial charge in [0.05, 0.1) is 5.60 Å². The normalized spacial score (nSPS) is 35.6. The minimum absolute atomic E-state index is 0.513. The molecule has 0 aromatic carbocycles. The van der Waals surface area contributed by atoms with Crippen LogP contribution in [0.5, 0.6) is 0 Å². The molecule has 2 atom stereocenters. The molecule has 2 aliphatic rings. The molecular weight excluding hydrogens is 190 g/mol. The predicted molar refractivity (Wildman–Crippen MR) is 59.8 cm³/mol. The van der Waals surface area contributed by atoms with Crippen LogP contribution in [0.2, 0.25) is 0 Å². The second kappa shape index (κ2) is 4.81. The molecule has 1 aliphatic carbocycles. The van der Waals surface area contributed by atoms with Crippen molar-refractivity contribution in [1.29, 1.82) is 0 Å². The number of rotatable bonds is 3. The lowest BCUT2D eigenvalue weighted by Crippen LogP contribution is -2.48. The Kier molecular flexibility index (Phi) is 3.65. The molecule has 2 rings (SSSR count). The molecule has 0 amide bonds. The van der Waals surface area contributed by atoms with E-state index in [4.69, 9.17) is 4.74 Å². The molecule has 0 radical (unpaired) electrons. The molecule has 0 aromatic heterocycles. The van der Waals surface area contributed by atoms with Gasteiger partial charge in [-0.1, -0.05) is 13.3 Å². The van der Waals surface area contributed by atoms with Crippen LogP contribution >= 0.6 is 0 Å². The summed E-state index contributed by atoms with van der Waals surface area (Å²) >= 11 is 0. The fourth-order valence-electron chi connectivity index (χ4n) is 2.70. The number of hydrogen-bond acceptors (Lipinski definition) is 3. The van der Waals surface area contributed by atoms with Crippen LogP contribution in [-0.4, -0.2) is 36.5 Å². The number of ether oxygens (including phenoxy) is 1. The Labute approximate surface area is 92.2 Å². The zero-order valence-corrected chi connectivity index (χ0v) is 9.67. The summed E-state index contributed by atoms with van der Waals surface area (Å²) in [5.41, 5.74) is -0.513. The molecule has 1 saturated heterocycles. The van der Waals surface area contributed by atoms with Crippen LogP contribution in [0.15, 0.2) is 0 Å². The minimum Gasteiger partial charge on any atom is -0.388 e. The average Bonchev–Trinajstić information content (AvgIpc) is 2.62. The zero-order chi connectivity index (χ0) is 10.7. The van der Waals surface area contributed by atoms with E-state index in [1.165, 1.54) is 19.3 Å². The first-order chi connectivity index (χ1) is 7.20. The maximum atomic E-state index is 10.3. The number of nitrogens with one attached hydrogen (secondary N) is 1. The monoisotopic (exact) mass is 213 g/mol. The Morgan fingerprint density at radius 2 is 2.07 bits per heavy atom. The number of aliphatic hydroxyl groups is 1. The van der Waals surface area contributed by atoms with Crippen LogP contribution in [-0.2, 0) is 4.74 Å². The van der Waals surface area contributed by atoms with E-state index in [2.05, 4.69) is 12.2 Å². The van der Waals surface area contributed by atoms with Crippen molar-refractivity contribution >= 4 is 0 Å². The van der Waals surface area contributed by atoms with Gasteiger partial charge in [0, 0.05) is 38.6 Å². The van der Waals surface area contributed by atoms with Crippen LogP contribution in [0.1, 0.15) is 39.0 Å². The van der Waals surface area contributed by atoms with Gasteiger partial charge in [-0.3, -0.25) is 0 Å². The highest BCUT2D eigenvalue weighted by Crippen LogP contribution is 2.26. The lowest BCUT2D eigenvalue weighted by molar-refractivity contribution is -0.0631. The highest BCUT2D eigenvalue weighted by molar-refractivity contribution is 4.87. The van der Waals surface area contributed by atoms with Gasteiger partial charge in [0.1, 0.15) is 0 Å². The van der Waals surface area contributed by atoms with Crippen molar-refractivity contribution in [3.63, 3.8) is 0 Å². The minimum atomic E-state index is -0.513. The molecule has 1 aliphatic heterocycles. The van der Waals surface area contributed by atoms with E-state index in [0.29, 0.717) is 19.3 Å². The third-order valence-corrected chi connectivity index (χ3v) is 3.98. The lowest BCUT2D eigenvalue weighted by atomic mass is 9.93. The Bertz CT molecular complexity index is 202. The molecule has 1 heterocycles. The van der Waals surface area contributed by atoms with Crippen molar-refractivity contribution in [3.05, 3.63) is 0 Å². The maximum Gasteiger partial charge on any atom is 0.0815 e. The molecule has 3 nitrogen and oxygen atoms in total. The Hall–Kier alpha value is -0.120. The Balaban J connectivity index is 1.76. The zero-order valence-electron chi connectivity index (χ0n) is 9.67. The van der Waals surface area contributed by atoms with Gasteiger partial charge >= 0.3 is 0 Å². The first-order valence-corrected chi connectivity index (χ1v) is 6.23. The van der Waals surface area contributed by atoms with Gasteiger partial charge in [-0.2, -0.15) is 0 Å². The van der Waals surface area contributed by atoms with E-state index < -0.39 is 5.60 Å². The molecule has 15 heavy (non-hydrogen) atoms. The fraction of sp³-hybridized carbons (Fsp3) is 1.00. The van der Waals surface area contributed by atoms with Crippen LogP contribution < -0.4 is 5.32 Å². The summed E-state index contributed by atoms with van der Waals surface area (Å²) in [5.74, 6) is 0.772. The van der Waals surface area contributed by atoms with Gasteiger partial charge in [0.15, 0.2) is 0 Å². The second-order valence-corrected chi connectivity index (χ2v) is 5.23. The van der Waals surface area contributed by atoms with Crippen LogP contribution in [0.3, 0.4) is 0 Å². The first-order valence-electron chi connectivity index (χ1n) is 6.23. The van der Waals surface area contributed by atoms with E-state index in [1.807, 2.05) is 0 Å². The second-order valence-electron chi connectivity index (χ2n) is 5.23. The summed E-state index contributed by atoms with van der Waals surface area (Å²) < 4.78 is 5.27. The summed E-state index contributed by atoms with van der Waals surface area (Å²) in [6.07, 6.45) is 5.50. The topological polar surface area (TPSA) is 41.5 Å². The van der Waals surface area contributed by atoms with Crippen molar-refractivity contribution in [2.24, 2.45) is 5.92 Å². The molecule has 2 fully saturated rings. The molecule has 1 saturated carbocycles. The van der Waals surface area contributed by atoms with E-state index in [1.54, 1.807) is 0 Å². The third-order valence-electron chi connectivity index (χ3n) is 3.98. The Morgan fingerprint density at radius 1 is 1.33 bits per heavy atom. The van der Waals surface area contributed by atoms with E-state index >= 15 is 0 Å². The maximum absolute atomic E-state index is 10.3. The van der Waals surface area contributed by atoms with Crippen molar-refractivity contribution in [3.8, 4) is 0 Å². The summed E-state index contributed by atoms with van der Waals surface area (Å²) in [7, 11) is 0. The van der Waals surface area contributed by atoms with Crippen molar-refractivity contribution in [2.45, 2.75) is 50.7 Å². The van der Waals surface area contributed by atoms with E-state index in [-0.39, 0.29) is 0 Å². The van der Waals surface area contributed by atoms with Gasteiger partial charge in [-0.15, -0.1) is 0 Å². The first kappa shape index (κ1) is 11.4. The standard InChI is InChI=1S/C12H23NO2/c1-10-3-2-4-11(10)13-9-12(14)5-7-15-8-6-12/h10-11,13-14H,2-9H2,1H3. The lowest BCUT2D eigenvalue weighted by Gasteiger charge is -2.33. The molecule has 88 valence electrons. The highest BCUT2D eigenvalue weighted by atomic mass is 16.5. The van der Waals surface area contributed by atoms with Gasteiger partial charge in [-0.05, 0) is 18.8 Å². The van der Waals surface area contributed by atoms with Gasteiger partial charge < -0.3 is 15.2 Å². The fourth-order valence-corrected chi connectivity index (χ4v) is 2.70. The molecule has 0 aromatic rings. The van der Waals surface area contributed by atoms with E-state index in [9.17, 15) is 5.11 Å². The van der Waals surface area contributed by atoms with Crippen molar-refractivity contribution in [2.75, 3.05) is 19.8 Å². The molecule has 0 bridgehead atoms. The van der Waals surface area contributed by atoms with Gasteiger partial charge in [-0.25, -0.2) is 0 Å². The largest absolute Gasteiger partial charge is 0.388 e. The van der Waals surface area contributed by atoms with Crippen LogP contribution in [0.4, 0.5) is 0 Å². The third kappa shape index (κ3) is 2.92. The SMILES string of the molecule is CC1CCCC1NCC1(O)CCOCC1.